The lowest BCUT2D eigenvalue weighted by molar-refractivity contribution is 0.328. The molecule has 0 unspecified atom stereocenters. The van der Waals surface area contributed by atoms with E-state index in [9.17, 15) is 4.39 Å². The summed E-state index contributed by atoms with van der Waals surface area (Å²) in [6.07, 6.45) is 5.77. The molecule has 2 N–H and O–H groups in total. The molecule has 0 spiro atoms. The minimum atomic E-state index is -0.232. The van der Waals surface area contributed by atoms with E-state index in [1.54, 1.807) is 37.6 Å². The normalized spacial score (nSPS) is 10.7. The van der Waals surface area contributed by atoms with E-state index >= 15 is 0 Å². The number of hydrogen-bond donors (Lipinski definition) is 1. The van der Waals surface area contributed by atoms with Gasteiger partial charge in [0.2, 0.25) is 11.8 Å². The molecule has 2 heterocycles. The van der Waals surface area contributed by atoms with Gasteiger partial charge in [0.05, 0.1) is 6.61 Å². The number of rotatable bonds is 5. The third-order valence-electron chi connectivity index (χ3n) is 3.79. The first-order chi connectivity index (χ1) is 12.1. The molecule has 2 aromatic heterocycles. The Morgan fingerprint density at radius 3 is 2.44 bits per heavy atom. The minimum Gasteiger partial charge on any atom is -0.478 e. The summed E-state index contributed by atoms with van der Waals surface area (Å²) in [7, 11) is 0. The molecular formula is C19H19FN4O. The largest absolute Gasteiger partial charge is 0.478 e. The molecule has 0 atom stereocenters. The van der Waals surface area contributed by atoms with Crippen LogP contribution in [0, 0.1) is 12.7 Å². The van der Waals surface area contributed by atoms with E-state index in [1.165, 1.54) is 6.07 Å². The maximum Gasteiger partial charge on any atom is 0.221 e. The van der Waals surface area contributed by atoms with Gasteiger partial charge in [-0.25, -0.2) is 19.3 Å². The fourth-order valence-corrected chi connectivity index (χ4v) is 2.55. The molecule has 0 saturated carbocycles. The van der Waals surface area contributed by atoms with E-state index in [4.69, 9.17) is 10.5 Å². The zero-order chi connectivity index (χ0) is 17.8. The zero-order valence-electron chi connectivity index (χ0n) is 14.2. The topological polar surface area (TPSA) is 73.9 Å². The number of pyridine rings is 1. The standard InChI is InChI=1S/C19H19FN4O/c1-3-25-18-16(15-4-5-17(20)12(2)6-15)8-13(9-22-18)7-14-10-23-19(21)24-11-14/h4-6,8-11H,3,7H2,1-2H3,(H2,21,23,24). The van der Waals surface area contributed by atoms with E-state index in [0.717, 1.165) is 22.3 Å². The van der Waals surface area contributed by atoms with Gasteiger partial charge >= 0.3 is 0 Å². The number of aryl methyl sites for hydroxylation is 1. The Balaban J connectivity index is 1.99. The molecule has 0 amide bonds. The summed E-state index contributed by atoms with van der Waals surface area (Å²) >= 11 is 0. The Labute approximate surface area is 145 Å². The van der Waals surface area contributed by atoms with Crippen LogP contribution in [-0.4, -0.2) is 21.6 Å². The van der Waals surface area contributed by atoms with Crippen LogP contribution in [0.3, 0.4) is 0 Å². The van der Waals surface area contributed by atoms with E-state index in [2.05, 4.69) is 15.0 Å². The second-order valence-corrected chi connectivity index (χ2v) is 5.72. The quantitative estimate of drug-likeness (QED) is 0.770. The van der Waals surface area contributed by atoms with E-state index in [0.29, 0.717) is 24.5 Å². The van der Waals surface area contributed by atoms with Gasteiger partial charge in [-0.2, -0.15) is 0 Å². The van der Waals surface area contributed by atoms with Gasteiger partial charge in [-0.3, -0.25) is 0 Å². The number of hydrogen-bond acceptors (Lipinski definition) is 5. The van der Waals surface area contributed by atoms with Crippen molar-refractivity contribution >= 4 is 5.95 Å². The Hall–Kier alpha value is -3.02. The second kappa shape index (κ2) is 7.25. The van der Waals surface area contributed by atoms with Gasteiger partial charge < -0.3 is 10.5 Å². The van der Waals surface area contributed by atoms with Crippen LogP contribution in [0.1, 0.15) is 23.6 Å². The Morgan fingerprint density at radius 2 is 1.76 bits per heavy atom. The molecule has 5 nitrogen and oxygen atoms in total. The van der Waals surface area contributed by atoms with Gasteiger partial charge in [0.25, 0.3) is 0 Å². The van der Waals surface area contributed by atoms with Crippen molar-refractivity contribution in [1.82, 2.24) is 15.0 Å². The predicted octanol–water partition coefficient (Wildman–Crippen LogP) is 3.56. The maximum absolute atomic E-state index is 13.6. The molecule has 6 heteroatoms. The molecule has 25 heavy (non-hydrogen) atoms. The number of aromatic nitrogens is 3. The predicted molar refractivity (Wildman–Crippen MR) is 94.8 cm³/mol. The number of benzene rings is 1. The molecule has 0 radical (unpaired) electrons. The summed E-state index contributed by atoms with van der Waals surface area (Å²) in [4.78, 5) is 12.4. The molecule has 3 aromatic rings. The lowest BCUT2D eigenvalue weighted by Gasteiger charge is -2.12. The molecule has 0 aliphatic heterocycles. The molecule has 0 fully saturated rings. The maximum atomic E-state index is 13.6. The van der Waals surface area contributed by atoms with Gasteiger partial charge in [-0.05, 0) is 54.3 Å². The molecule has 0 saturated heterocycles. The molecule has 0 aliphatic rings. The van der Waals surface area contributed by atoms with Crippen molar-refractivity contribution in [2.24, 2.45) is 0 Å². The molecule has 0 aliphatic carbocycles. The van der Waals surface area contributed by atoms with Crippen LogP contribution in [0.25, 0.3) is 11.1 Å². The number of nitrogens with two attached hydrogens (primary N) is 1. The monoisotopic (exact) mass is 338 g/mol. The van der Waals surface area contributed by atoms with Crippen LogP contribution in [0.2, 0.25) is 0 Å². The highest BCUT2D eigenvalue weighted by atomic mass is 19.1. The van der Waals surface area contributed by atoms with Gasteiger partial charge in [0.15, 0.2) is 0 Å². The van der Waals surface area contributed by atoms with Gasteiger partial charge in [-0.1, -0.05) is 6.07 Å². The van der Waals surface area contributed by atoms with E-state index in [1.807, 2.05) is 13.0 Å². The summed E-state index contributed by atoms with van der Waals surface area (Å²) < 4.78 is 19.2. The molecule has 0 bridgehead atoms. The number of nitrogens with zero attached hydrogens (tertiary/aromatic N) is 3. The fourth-order valence-electron chi connectivity index (χ4n) is 2.55. The summed E-state index contributed by atoms with van der Waals surface area (Å²) in [5, 5.41) is 0. The Bertz CT molecular complexity index is 881. The number of nitrogen functional groups attached to an aromatic ring is 1. The third kappa shape index (κ3) is 3.91. The van der Waals surface area contributed by atoms with Crippen LogP contribution in [0.4, 0.5) is 10.3 Å². The Morgan fingerprint density at radius 1 is 1.04 bits per heavy atom. The van der Waals surface area contributed by atoms with Crippen molar-refractivity contribution in [3.8, 4) is 17.0 Å². The summed E-state index contributed by atoms with van der Waals surface area (Å²) in [6, 6.07) is 6.99. The highest BCUT2D eigenvalue weighted by Crippen LogP contribution is 2.31. The average molecular weight is 338 g/mol. The first kappa shape index (κ1) is 16.8. The van der Waals surface area contributed by atoms with Crippen LogP contribution in [-0.2, 0) is 6.42 Å². The smallest absolute Gasteiger partial charge is 0.221 e. The molecule has 128 valence electrons. The van der Waals surface area contributed by atoms with Crippen LogP contribution >= 0.6 is 0 Å². The lowest BCUT2D eigenvalue weighted by Crippen LogP contribution is -2.00. The van der Waals surface area contributed by atoms with Crippen molar-refractivity contribution < 1.29 is 9.13 Å². The third-order valence-corrected chi connectivity index (χ3v) is 3.79. The van der Waals surface area contributed by atoms with Crippen molar-refractivity contribution in [2.45, 2.75) is 20.3 Å². The van der Waals surface area contributed by atoms with Crippen LogP contribution in [0.5, 0.6) is 5.88 Å². The SMILES string of the molecule is CCOc1ncc(Cc2cnc(N)nc2)cc1-c1ccc(F)c(C)c1. The molecule has 1 aromatic carbocycles. The molecule has 3 rings (SSSR count). The average Bonchev–Trinajstić information content (AvgIpc) is 2.61. The van der Waals surface area contributed by atoms with E-state index < -0.39 is 0 Å². The van der Waals surface area contributed by atoms with Crippen molar-refractivity contribution in [2.75, 3.05) is 12.3 Å². The van der Waals surface area contributed by atoms with Crippen molar-refractivity contribution in [3.05, 3.63) is 65.4 Å². The van der Waals surface area contributed by atoms with E-state index in [-0.39, 0.29) is 11.8 Å². The van der Waals surface area contributed by atoms with Gasteiger partial charge in [0.1, 0.15) is 5.82 Å². The zero-order valence-corrected chi connectivity index (χ0v) is 14.2. The van der Waals surface area contributed by atoms with Gasteiger partial charge in [0, 0.05) is 30.6 Å². The summed E-state index contributed by atoms with van der Waals surface area (Å²) in [5.41, 5.74) is 9.71. The first-order valence-corrected chi connectivity index (χ1v) is 8.01. The Kier molecular flexibility index (Phi) is 4.88. The number of halogens is 1. The summed E-state index contributed by atoms with van der Waals surface area (Å²) in [6.45, 7) is 4.15. The van der Waals surface area contributed by atoms with Crippen molar-refractivity contribution in [1.29, 1.82) is 0 Å². The number of ether oxygens (including phenoxy) is 1. The van der Waals surface area contributed by atoms with Crippen LogP contribution in [0.15, 0.2) is 42.9 Å². The first-order valence-electron chi connectivity index (χ1n) is 8.01. The molecular weight excluding hydrogens is 319 g/mol. The lowest BCUT2D eigenvalue weighted by atomic mass is 10.0. The highest BCUT2D eigenvalue weighted by Gasteiger charge is 2.11. The minimum absolute atomic E-state index is 0.232. The van der Waals surface area contributed by atoms with Crippen molar-refractivity contribution in [3.63, 3.8) is 0 Å². The van der Waals surface area contributed by atoms with Gasteiger partial charge in [-0.15, -0.1) is 0 Å². The number of anilines is 1. The van der Waals surface area contributed by atoms with Crippen LogP contribution < -0.4 is 10.5 Å². The fraction of sp³-hybridized carbons (Fsp3) is 0.211. The second-order valence-electron chi connectivity index (χ2n) is 5.72. The summed E-state index contributed by atoms with van der Waals surface area (Å²) in [5.74, 6) is 0.548. The highest BCUT2D eigenvalue weighted by molar-refractivity contribution is 5.70.